The zero-order chi connectivity index (χ0) is 13.0. The third kappa shape index (κ3) is 3.35. The fourth-order valence-electron chi connectivity index (χ4n) is 1.35. The van der Waals surface area contributed by atoms with Crippen LogP contribution in [0.3, 0.4) is 0 Å². The second-order valence-electron chi connectivity index (χ2n) is 3.99. The number of rotatable bonds is 4. The summed E-state index contributed by atoms with van der Waals surface area (Å²) < 4.78 is 13.4. The molecule has 0 heterocycles. The van der Waals surface area contributed by atoms with Crippen LogP contribution in [0.5, 0.6) is 0 Å². The first-order chi connectivity index (χ1) is 7.95. The molecule has 4 nitrogen and oxygen atoms in total. The molecule has 1 aromatic rings. The molecule has 0 amide bonds. The van der Waals surface area contributed by atoms with Crippen molar-refractivity contribution in [3.05, 3.63) is 45.3 Å². The van der Waals surface area contributed by atoms with Gasteiger partial charge in [0.2, 0.25) is 0 Å². The smallest absolute Gasteiger partial charge is 0.270 e. The van der Waals surface area contributed by atoms with E-state index in [1.807, 2.05) is 13.8 Å². The summed E-state index contributed by atoms with van der Waals surface area (Å²) in [5.74, 6) is -0.485. The van der Waals surface area contributed by atoms with Gasteiger partial charge in [0.1, 0.15) is 5.82 Å². The first kappa shape index (κ1) is 13.3. The molecule has 17 heavy (non-hydrogen) atoms. The molecular weight excluding hydrogens is 225 g/mol. The SMILES string of the molecule is CC(C)/C(=C/c1cc([N+](=O)[O-])ccc1F)CO. The molecule has 1 rings (SSSR count). The van der Waals surface area contributed by atoms with Crippen LogP contribution in [-0.2, 0) is 0 Å². The van der Waals surface area contributed by atoms with Gasteiger partial charge >= 0.3 is 0 Å². The molecule has 5 heteroatoms. The van der Waals surface area contributed by atoms with Crippen LogP contribution in [0, 0.1) is 21.8 Å². The zero-order valence-corrected chi connectivity index (χ0v) is 9.68. The molecule has 0 spiro atoms. The average Bonchev–Trinajstić information content (AvgIpc) is 2.27. The lowest BCUT2D eigenvalue weighted by Gasteiger charge is -2.08. The molecule has 0 unspecified atom stereocenters. The number of aliphatic hydroxyl groups is 1. The predicted octanol–water partition coefficient (Wildman–Crippen LogP) is 2.77. The minimum Gasteiger partial charge on any atom is -0.392 e. The summed E-state index contributed by atoms with van der Waals surface area (Å²) >= 11 is 0. The lowest BCUT2D eigenvalue weighted by Crippen LogP contribution is -2.00. The molecule has 0 radical (unpaired) electrons. The highest BCUT2D eigenvalue weighted by Crippen LogP contribution is 2.21. The van der Waals surface area contributed by atoms with E-state index in [0.29, 0.717) is 5.57 Å². The van der Waals surface area contributed by atoms with Crippen molar-refractivity contribution in [1.82, 2.24) is 0 Å². The first-order valence-electron chi connectivity index (χ1n) is 5.21. The van der Waals surface area contributed by atoms with E-state index in [9.17, 15) is 14.5 Å². The third-order valence-electron chi connectivity index (χ3n) is 2.46. The number of hydrogen-bond acceptors (Lipinski definition) is 3. The van der Waals surface area contributed by atoms with Gasteiger partial charge in [-0.05, 0) is 17.6 Å². The average molecular weight is 239 g/mol. The number of nitrogens with zero attached hydrogens (tertiary/aromatic N) is 1. The Kier molecular flexibility index (Phi) is 4.34. The molecule has 0 saturated carbocycles. The Morgan fingerprint density at radius 1 is 1.59 bits per heavy atom. The lowest BCUT2D eigenvalue weighted by molar-refractivity contribution is -0.384. The third-order valence-corrected chi connectivity index (χ3v) is 2.46. The van der Waals surface area contributed by atoms with Gasteiger partial charge < -0.3 is 5.11 Å². The number of halogens is 1. The van der Waals surface area contributed by atoms with Crippen molar-refractivity contribution in [3.8, 4) is 0 Å². The highest BCUT2D eigenvalue weighted by molar-refractivity contribution is 5.57. The minimum absolute atomic E-state index is 0.0543. The standard InChI is InChI=1S/C12H14FNO3/c1-8(2)10(7-15)5-9-6-11(14(16)17)3-4-12(9)13/h3-6,8,15H,7H2,1-2H3/b10-5+. The topological polar surface area (TPSA) is 63.4 Å². The van der Waals surface area contributed by atoms with Gasteiger partial charge in [-0.15, -0.1) is 0 Å². The van der Waals surface area contributed by atoms with E-state index < -0.39 is 10.7 Å². The van der Waals surface area contributed by atoms with E-state index >= 15 is 0 Å². The number of nitro benzene ring substituents is 1. The van der Waals surface area contributed by atoms with Crippen molar-refractivity contribution < 1.29 is 14.4 Å². The van der Waals surface area contributed by atoms with E-state index in [0.717, 1.165) is 18.2 Å². The molecule has 0 aliphatic heterocycles. The highest BCUT2D eigenvalue weighted by atomic mass is 19.1. The maximum absolute atomic E-state index is 13.4. The van der Waals surface area contributed by atoms with Gasteiger partial charge in [-0.2, -0.15) is 0 Å². The molecule has 0 aliphatic rings. The molecule has 0 bridgehead atoms. The van der Waals surface area contributed by atoms with E-state index in [1.54, 1.807) is 0 Å². The molecule has 1 aromatic carbocycles. The fraction of sp³-hybridized carbons (Fsp3) is 0.333. The van der Waals surface area contributed by atoms with Gasteiger partial charge in [0.15, 0.2) is 0 Å². The molecule has 0 fully saturated rings. The van der Waals surface area contributed by atoms with E-state index in [4.69, 9.17) is 5.11 Å². The van der Waals surface area contributed by atoms with Gasteiger partial charge in [0.05, 0.1) is 11.5 Å². The summed E-state index contributed by atoms with van der Waals surface area (Å²) in [6, 6.07) is 3.33. The van der Waals surface area contributed by atoms with Crippen LogP contribution in [0.2, 0.25) is 0 Å². The van der Waals surface area contributed by atoms with Crippen LogP contribution < -0.4 is 0 Å². The first-order valence-corrected chi connectivity index (χ1v) is 5.21. The number of aliphatic hydroxyl groups excluding tert-OH is 1. The summed E-state index contributed by atoms with van der Waals surface area (Å²) in [6.45, 7) is 3.52. The van der Waals surface area contributed by atoms with Crippen LogP contribution in [0.15, 0.2) is 23.8 Å². The Labute approximate surface area is 98.5 Å². The van der Waals surface area contributed by atoms with Crippen molar-refractivity contribution in [3.63, 3.8) is 0 Å². The van der Waals surface area contributed by atoms with E-state index in [1.165, 1.54) is 6.08 Å². The second-order valence-corrected chi connectivity index (χ2v) is 3.99. The fourth-order valence-corrected chi connectivity index (χ4v) is 1.35. The van der Waals surface area contributed by atoms with Crippen molar-refractivity contribution in [2.24, 2.45) is 5.92 Å². The monoisotopic (exact) mass is 239 g/mol. The summed E-state index contributed by atoms with van der Waals surface area (Å²) in [7, 11) is 0. The summed E-state index contributed by atoms with van der Waals surface area (Å²) in [6.07, 6.45) is 1.45. The Morgan fingerprint density at radius 3 is 2.71 bits per heavy atom. The molecule has 92 valence electrons. The Morgan fingerprint density at radius 2 is 2.24 bits per heavy atom. The maximum Gasteiger partial charge on any atom is 0.270 e. The summed E-state index contributed by atoms with van der Waals surface area (Å²) in [4.78, 5) is 9.99. The van der Waals surface area contributed by atoms with E-state index in [-0.39, 0.29) is 23.8 Å². The second kappa shape index (κ2) is 5.54. The molecule has 0 aliphatic carbocycles. The minimum atomic E-state index is -0.579. The largest absolute Gasteiger partial charge is 0.392 e. The lowest BCUT2D eigenvalue weighted by atomic mass is 10.0. The number of nitro groups is 1. The van der Waals surface area contributed by atoms with Crippen LogP contribution >= 0.6 is 0 Å². The van der Waals surface area contributed by atoms with Crippen LogP contribution in [-0.4, -0.2) is 16.6 Å². The van der Waals surface area contributed by atoms with Crippen molar-refractivity contribution in [2.45, 2.75) is 13.8 Å². The summed E-state index contributed by atoms with van der Waals surface area (Å²) in [5.41, 5.74) is 0.583. The molecule has 0 aromatic heterocycles. The quantitative estimate of drug-likeness (QED) is 0.649. The van der Waals surface area contributed by atoms with Crippen LogP contribution in [0.1, 0.15) is 19.4 Å². The Balaban J connectivity index is 3.21. The Bertz CT molecular complexity index is 455. The zero-order valence-electron chi connectivity index (χ0n) is 9.68. The maximum atomic E-state index is 13.4. The highest BCUT2D eigenvalue weighted by Gasteiger charge is 2.10. The van der Waals surface area contributed by atoms with Gasteiger partial charge in [0.25, 0.3) is 5.69 Å². The number of hydrogen-bond donors (Lipinski definition) is 1. The molecule has 0 atom stereocenters. The molecule has 0 saturated heterocycles. The molecular formula is C12H14FNO3. The number of non-ortho nitro benzene ring substituents is 1. The predicted molar refractivity (Wildman–Crippen MR) is 63.0 cm³/mol. The van der Waals surface area contributed by atoms with Gasteiger partial charge in [-0.1, -0.05) is 19.9 Å². The van der Waals surface area contributed by atoms with Crippen molar-refractivity contribution in [2.75, 3.05) is 6.61 Å². The van der Waals surface area contributed by atoms with Crippen molar-refractivity contribution in [1.29, 1.82) is 0 Å². The van der Waals surface area contributed by atoms with Crippen molar-refractivity contribution >= 4 is 11.8 Å². The van der Waals surface area contributed by atoms with Gasteiger partial charge in [-0.25, -0.2) is 4.39 Å². The van der Waals surface area contributed by atoms with Crippen LogP contribution in [0.25, 0.3) is 6.08 Å². The summed E-state index contributed by atoms with van der Waals surface area (Å²) in [5, 5.41) is 19.7. The number of benzene rings is 1. The van der Waals surface area contributed by atoms with E-state index in [2.05, 4.69) is 0 Å². The van der Waals surface area contributed by atoms with Gasteiger partial charge in [-0.3, -0.25) is 10.1 Å². The Hall–Kier alpha value is -1.75. The molecule has 1 N–H and O–H groups in total. The normalized spacial score (nSPS) is 11.9. The van der Waals surface area contributed by atoms with Crippen LogP contribution in [0.4, 0.5) is 10.1 Å². The van der Waals surface area contributed by atoms with Gasteiger partial charge in [0, 0.05) is 17.7 Å².